The van der Waals surface area contributed by atoms with Gasteiger partial charge in [-0.25, -0.2) is 4.79 Å². The molecule has 1 saturated heterocycles. The Kier molecular flexibility index (Phi) is 7.42. The van der Waals surface area contributed by atoms with Crippen LogP contribution < -0.4 is 10.2 Å². The number of benzene rings is 1. The number of aromatic nitrogens is 5. The van der Waals surface area contributed by atoms with Crippen LogP contribution in [-0.4, -0.2) is 72.7 Å². The van der Waals surface area contributed by atoms with Crippen LogP contribution >= 0.6 is 0 Å². The average molecular weight is 521 g/mol. The molecule has 1 aliphatic rings. The Morgan fingerprint density at radius 3 is 2.66 bits per heavy atom. The van der Waals surface area contributed by atoms with E-state index in [1.165, 1.54) is 16.7 Å². The summed E-state index contributed by atoms with van der Waals surface area (Å²) < 4.78 is 0. The first-order valence-electron chi connectivity index (χ1n) is 12.3. The fraction of sp³-hybridized carbons (Fsp3) is 0.423. The molecule has 1 fully saturated rings. The number of carbonyl (C=O) groups excluding carboxylic acids is 2. The van der Waals surface area contributed by atoms with Gasteiger partial charge in [0, 0.05) is 38.3 Å². The smallest absolute Gasteiger partial charge is 0.407 e. The van der Waals surface area contributed by atoms with Crippen molar-refractivity contribution in [2.24, 2.45) is 0 Å². The number of aryl methyl sites for hydroxylation is 1. The molecule has 0 bridgehead atoms. The fourth-order valence-corrected chi connectivity index (χ4v) is 4.28. The highest BCUT2D eigenvalue weighted by atomic mass is 16.4. The fourth-order valence-electron chi connectivity index (χ4n) is 4.28. The second-order valence-electron chi connectivity index (χ2n) is 10.4. The molecule has 3 amide bonds. The second kappa shape index (κ2) is 10.6. The van der Waals surface area contributed by atoms with Crippen LogP contribution in [0.25, 0.3) is 11.1 Å². The lowest BCUT2D eigenvalue weighted by Crippen LogP contribution is -2.50. The van der Waals surface area contributed by atoms with E-state index in [2.05, 4.69) is 25.7 Å². The van der Waals surface area contributed by atoms with Crippen LogP contribution in [0.1, 0.15) is 55.4 Å². The van der Waals surface area contributed by atoms with E-state index >= 15 is 0 Å². The molecule has 1 unspecified atom stereocenters. The molecule has 12 nitrogen and oxygen atoms in total. The Balaban J connectivity index is 1.52. The number of nitrogens with zero attached hydrogens (tertiary/aromatic N) is 7. The number of tetrazole rings is 1. The largest absolute Gasteiger partial charge is 0.465 e. The zero-order valence-electron chi connectivity index (χ0n) is 22.2. The van der Waals surface area contributed by atoms with Crippen molar-refractivity contribution in [2.45, 2.75) is 58.7 Å². The molecule has 12 heteroatoms. The van der Waals surface area contributed by atoms with E-state index < -0.39 is 12.0 Å². The standard InChI is InChI=1S/C26H32N8O4/c1-16-12-17(6-7-18(16)13-28-24(36)23-29-31-34(30-23)26(2,3)4)20-10-11-27-14-21(20)33-15-19(8-9-22(33)35)32(5)25(37)38/h6-7,10-12,14,19H,8-9,13,15H2,1-5H3,(H,28,36)(H,37,38). The number of pyridine rings is 1. The van der Waals surface area contributed by atoms with Gasteiger partial charge in [0.1, 0.15) is 0 Å². The summed E-state index contributed by atoms with van der Waals surface area (Å²) in [6.45, 7) is 8.25. The van der Waals surface area contributed by atoms with Gasteiger partial charge in [-0.3, -0.25) is 14.6 Å². The van der Waals surface area contributed by atoms with E-state index in [1.807, 2.05) is 52.0 Å². The predicted molar refractivity (Wildman–Crippen MR) is 140 cm³/mol. The first-order chi connectivity index (χ1) is 18.0. The number of piperidine rings is 1. The van der Waals surface area contributed by atoms with Gasteiger partial charge >= 0.3 is 6.09 Å². The lowest BCUT2D eigenvalue weighted by Gasteiger charge is -2.36. The maximum Gasteiger partial charge on any atom is 0.407 e. The van der Waals surface area contributed by atoms with Crippen molar-refractivity contribution in [1.29, 1.82) is 0 Å². The molecule has 0 spiro atoms. The SMILES string of the molecule is Cc1cc(-c2ccncc2N2CC(N(C)C(=O)O)CCC2=O)ccc1CNC(=O)c1nnn(C(C)(C)C)n1. The molecule has 4 rings (SSSR count). The Morgan fingerprint density at radius 1 is 1.24 bits per heavy atom. The highest BCUT2D eigenvalue weighted by Gasteiger charge is 2.32. The van der Waals surface area contributed by atoms with Crippen molar-refractivity contribution in [2.75, 3.05) is 18.5 Å². The van der Waals surface area contributed by atoms with Crippen LogP contribution in [0.5, 0.6) is 0 Å². The molecule has 38 heavy (non-hydrogen) atoms. The van der Waals surface area contributed by atoms with Crippen LogP contribution in [0.2, 0.25) is 0 Å². The molecule has 3 aromatic rings. The molecule has 3 heterocycles. The number of amides is 3. The molecule has 2 N–H and O–H groups in total. The van der Waals surface area contributed by atoms with Gasteiger partial charge in [-0.1, -0.05) is 18.2 Å². The highest BCUT2D eigenvalue weighted by Crippen LogP contribution is 2.33. The van der Waals surface area contributed by atoms with Crippen molar-refractivity contribution >= 4 is 23.6 Å². The van der Waals surface area contributed by atoms with Crippen molar-refractivity contribution in [3.05, 3.63) is 53.6 Å². The van der Waals surface area contributed by atoms with E-state index in [-0.39, 0.29) is 42.8 Å². The van der Waals surface area contributed by atoms with Gasteiger partial charge in [0.05, 0.1) is 23.5 Å². The summed E-state index contributed by atoms with van der Waals surface area (Å²) in [5, 5.41) is 24.2. The number of likely N-dealkylation sites (N-methyl/N-ethyl adjacent to an activating group) is 1. The van der Waals surface area contributed by atoms with Crippen LogP contribution in [0.3, 0.4) is 0 Å². The van der Waals surface area contributed by atoms with Gasteiger partial charge in [-0.2, -0.15) is 4.80 Å². The lowest BCUT2D eigenvalue weighted by molar-refractivity contribution is -0.120. The number of anilines is 1. The van der Waals surface area contributed by atoms with Gasteiger partial charge in [-0.15, -0.1) is 10.2 Å². The summed E-state index contributed by atoms with van der Waals surface area (Å²) >= 11 is 0. The Bertz CT molecular complexity index is 1360. The van der Waals surface area contributed by atoms with Crippen LogP contribution in [0, 0.1) is 6.92 Å². The number of carbonyl (C=O) groups is 3. The summed E-state index contributed by atoms with van der Waals surface area (Å²) in [6.07, 6.45) is 3.01. The number of carboxylic acid groups (broad SMARTS) is 1. The molecular weight excluding hydrogens is 488 g/mol. The van der Waals surface area contributed by atoms with E-state index in [0.29, 0.717) is 12.1 Å². The van der Waals surface area contributed by atoms with Crippen LogP contribution in [0.4, 0.5) is 10.5 Å². The highest BCUT2D eigenvalue weighted by molar-refractivity contribution is 5.98. The van der Waals surface area contributed by atoms with E-state index in [0.717, 1.165) is 22.3 Å². The first kappa shape index (κ1) is 26.7. The third-order valence-electron chi connectivity index (χ3n) is 6.64. The lowest BCUT2D eigenvalue weighted by atomic mass is 9.97. The summed E-state index contributed by atoms with van der Waals surface area (Å²) in [5.74, 6) is -0.471. The predicted octanol–water partition coefficient (Wildman–Crippen LogP) is 2.83. The minimum Gasteiger partial charge on any atom is -0.465 e. The third-order valence-corrected chi connectivity index (χ3v) is 6.64. The molecule has 2 aromatic heterocycles. The van der Waals surface area contributed by atoms with E-state index in [9.17, 15) is 19.5 Å². The van der Waals surface area contributed by atoms with Gasteiger partial charge in [0.2, 0.25) is 5.91 Å². The van der Waals surface area contributed by atoms with Gasteiger partial charge in [-0.05, 0) is 62.1 Å². The number of rotatable bonds is 6. The van der Waals surface area contributed by atoms with Crippen molar-refractivity contribution < 1.29 is 19.5 Å². The van der Waals surface area contributed by atoms with Crippen molar-refractivity contribution in [1.82, 2.24) is 35.4 Å². The molecular formula is C26H32N8O4. The maximum absolute atomic E-state index is 12.8. The Hall–Kier alpha value is -4.35. The molecule has 1 aliphatic heterocycles. The number of hydrogen-bond acceptors (Lipinski definition) is 7. The summed E-state index contributed by atoms with van der Waals surface area (Å²) in [4.78, 5) is 45.4. The van der Waals surface area contributed by atoms with Crippen LogP contribution in [0.15, 0.2) is 36.7 Å². The quantitative estimate of drug-likeness (QED) is 0.504. The van der Waals surface area contributed by atoms with Gasteiger partial charge < -0.3 is 20.2 Å². The Morgan fingerprint density at radius 2 is 2.00 bits per heavy atom. The molecule has 0 saturated carbocycles. The molecule has 0 aliphatic carbocycles. The zero-order valence-corrected chi connectivity index (χ0v) is 22.2. The number of nitrogens with one attached hydrogen (secondary N) is 1. The molecule has 1 atom stereocenters. The maximum atomic E-state index is 12.8. The third kappa shape index (κ3) is 5.63. The van der Waals surface area contributed by atoms with Crippen molar-refractivity contribution in [3.8, 4) is 11.1 Å². The summed E-state index contributed by atoms with van der Waals surface area (Å²) in [6, 6.07) is 7.38. The summed E-state index contributed by atoms with van der Waals surface area (Å²) in [7, 11) is 1.52. The molecule has 200 valence electrons. The minimum absolute atomic E-state index is 0.00803. The average Bonchev–Trinajstić information content (AvgIpc) is 3.39. The summed E-state index contributed by atoms with van der Waals surface area (Å²) in [5.41, 5.74) is 3.81. The normalized spacial score (nSPS) is 15.9. The monoisotopic (exact) mass is 520 g/mol. The first-order valence-corrected chi connectivity index (χ1v) is 12.3. The topological polar surface area (TPSA) is 146 Å². The zero-order chi connectivity index (χ0) is 27.6. The van der Waals surface area contributed by atoms with Crippen molar-refractivity contribution in [3.63, 3.8) is 0 Å². The van der Waals surface area contributed by atoms with E-state index in [4.69, 9.17) is 0 Å². The van der Waals surface area contributed by atoms with Gasteiger partial charge in [0.25, 0.3) is 11.7 Å². The van der Waals surface area contributed by atoms with E-state index in [1.54, 1.807) is 17.3 Å². The van der Waals surface area contributed by atoms with Gasteiger partial charge in [0.15, 0.2) is 0 Å². The minimum atomic E-state index is -1.02. The molecule has 0 radical (unpaired) electrons. The molecule has 1 aromatic carbocycles. The second-order valence-corrected chi connectivity index (χ2v) is 10.4. The Labute approximate surface area is 220 Å². The van der Waals surface area contributed by atoms with Crippen LogP contribution in [-0.2, 0) is 16.9 Å². The number of hydrogen-bond donors (Lipinski definition) is 2.